The molecule has 1 amide bonds. The number of nitrogens with two attached hydrogens (primary N) is 1. The Balaban J connectivity index is 2.11. The zero-order chi connectivity index (χ0) is 14.1. The van der Waals surface area contributed by atoms with Crippen molar-refractivity contribution in [3.8, 4) is 0 Å². The molecule has 2 aromatic rings. The summed E-state index contributed by atoms with van der Waals surface area (Å²) in [6.45, 7) is 4.66. The molecular weight excluding hydrogens is 252 g/mol. The monoisotopic (exact) mass is 270 g/mol. The first-order valence-electron chi connectivity index (χ1n) is 6.83. The number of nitrogens with one attached hydrogen (secondary N) is 1. The minimum Gasteiger partial charge on any atom is -0.365 e. The maximum absolute atomic E-state index is 11.7. The Morgan fingerprint density at radius 2 is 2.25 bits per heavy atom. The van der Waals surface area contributed by atoms with Crippen LogP contribution in [-0.2, 0) is 0 Å². The lowest BCUT2D eigenvalue weighted by Crippen LogP contribution is -2.50. The quantitative estimate of drug-likeness (QED) is 0.858. The largest absolute Gasteiger partial charge is 0.365 e. The Bertz CT molecular complexity index is 655. The van der Waals surface area contributed by atoms with Gasteiger partial charge < -0.3 is 16.0 Å². The van der Waals surface area contributed by atoms with Crippen molar-refractivity contribution in [3.05, 3.63) is 35.9 Å². The molecule has 3 rings (SSSR count). The molecule has 2 heterocycles. The third-order valence-corrected chi connectivity index (χ3v) is 3.64. The average molecular weight is 270 g/mol. The Morgan fingerprint density at radius 1 is 1.45 bits per heavy atom. The number of fused-ring (bicyclic) bond motifs is 1. The molecule has 0 radical (unpaired) electrons. The van der Waals surface area contributed by atoms with Crippen LogP contribution >= 0.6 is 0 Å². The number of piperazine rings is 1. The molecule has 5 nitrogen and oxygen atoms in total. The number of nitrogens with zero attached hydrogens (tertiary/aromatic N) is 2. The van der Waals surface area contributed by atoms with Crippen molar-refractivity contribution in [3.63, 3.8) is 0 Å². The van der Waals surface area contributed by atoms with Crippen LogP contribution in [0.5, 0.6) is 0 Å². The standard InChI is InChI=1S/C15H18N4O/c1-10-9-19(7-6-17-10)15-12(14(16)20)8-11-4-2-3-5-13(11)18-15/h2-5,8,10,17H,6-7,9H2,1H3,(H2,16,20)/t10-/m0/s1. The van der Waals surface area contributed by atoms with E-state index < -0.39 is 5.91 Å². The van der Waals surface area contributed by atoms with Crippen LogP contribution in [0.3, 0.4) is 0 Å². The molecule has 0 bridgehead atoms. The van der Waals surface area contributed by atoms with Crippen molar-refractivity contribution >= 4 is 22.6 Å². The maximum Gasteiger partial charge on any atom is 0.252 e. The van der Waals surface area contributed by atoms with E-state index in [9.17, 15) is 4.79 Å². The molecule has 1 aromatic heterocycles. The van der Waals surface area contributed by atoms with E-state index in [2.05, 4.69) is 22.1 Å². The van der Waals surface area contributed by atoms with Crippen molar-refractivity contribution < 1.29 is 4.79 Å². The van der Waals surface area contributed by atoms with Crippen molar-refractivity contribution in [2.75, 3.05) is 24.5 Å². The average Bonchev–Trinajstić information content (AvgIpc) is 2.46. The van der Waals surface area contributed by atoms with Crippen LogP contribution in [0, 0.1) is 0 Å². The summed E-state index contributed by atoms with van der Waals surface area (Å²) in [5.41, 5.74) is 6.91. The van der Waals surface area contributed by atoms with Gasteiger partial charge >= 0.3 is 0 Å². The summed E-state index contributed by atoms with van der Waals surface area (Å²) < 4.78 is 0. The number of anilines is 1. The first kappa shape index (κ1) is 12.9. The molecule has 1 atom stereocenters. The second kappa shape index (κ2) is 5.09. The lowest BCUT2D eigenvalue weighted by molar-refractivity contribution is 0.100. The number of carbonyl (C=O) groups excluding carboxylic acids is 1. The first-order chi connectivity index (χ1) is 9.65. The number of amides is 1. The van der Waals surface area contributed by atoms with E-state index in [4.69, 9.17) is 5.73 Å². The van der Waals surface area contributed by atoms with Crippen molar-refractivity contribution in [2.45, 2.75) is 13.0 Å². The van der Waals surface area contributed by atoms with Crippen LogP contribution < -0.4 is 16.0 Å². The van der Waals surface area contributed by atoms with Crippen molar-refractivity contribution in [2.24, 2.45) is 5.73 Å². The van der Waals surface area contributed by atoms with E-state index in [1.165, 1.54) is 0 Å². The van der Waals surface area contributed by atoms with E-state index in [1.807, 2.05) is 30.3 Å². The lowest BCUT2D eigenvalue weighted by Gasteiger charge is -2.33. The number of aromatic nitrogens is 1. The van der Waals surface area contributed by atoms with Gasteiger partial charge in [0.15, 0.2) is 0 Å². The molecule has 0 saturated carbocycles. The number of carbonyl (C=O) groups is 1. The van der Waals surface area contributed by atoms with Crippen LogP contribution in [0.2, 0.25) is 0 Å². The number of hydrogen-bond acceptors (Lipinski definition) is 4. The fourth-order valence-corrected chi connectivity index (χ4v) is 2.65. The molecule has 1 aromatic carbocycles. The first-order valence-corrected chi connectivity index (χ1v) is 6.83. The number of para-hydroxylation sites is 1. The van der Waals surface area contributed by atoms with E-state index in [0.717, 1.165) is 30.5 Å². The van der Waals surface area contributed by atoms with Crippen molar-refractivity contribution in [1.29, 1.82) is 0 Å². The molecule has 20 heavy (non-hydrogen) atoms. The predicted octanol–water partition coefficient (Wildman–Crippen LogP) is 1.13. The number of primary amides is 1. The van der Waals surface area contributed by atoms with Crippen LogP contribution in [0.15, 0.2) is 30.3 Å². The summed E-state index contributed by atoms with van der Waals surface area (Å²) in [7, 11) is 0. The molecule has 1 aliphatic heterocycles. The minimum absolute atomic E-state index is 0.373. The SMILES string of the molecule is C[C@H]1CN(c2nc3ccccc3cc2C(N)=O)CCN1. The third kappa shape index (κ3) is 2.32. The minimum atomic E-state index is -0.426. The summed E-state index contributed by atoms with van der Waals surface area (Å²) in [4.78, 5) is 18.5. The van der Waals surface area contributed by atoms with Gasteiger partial charge in [0.1, 0.15) is 5.82 Å². The third-order valence-electron chi connectivity index (χ3n) is 3.64. The molecule has 0 spiro atoms. The summed E-state index contributed by atoms with van der Waals surface area (Å²) >= 11 is 0. The molecule has 5 heteroatoms. The second-order valence-electron chi connectivity index (χ2n) is 5.22. The number of hydrogen-bond donors (Lipinski definition) is 2. The molecule has 1 fully saturated rings. The van der Waals surface area contributed by atoms with Gasteiger partial charge in [0.2, 0.25) is 0 Å². The molecule has 1 aliphatic rings. The van der Waals surface area contributed by atoms with E-state index in [0.29, 0.717) is 17.4 Å². The number of rotatable bonds is 2. The van der Waals surface area contributed by atoms with Gasteiger partial charge in [-0.1, -0.05) is 18.2 Å². The van der Waals surface area contributed by atoms with Gasteiger partial charge in [-0.05, 0) is 19.1 Å². The highest BCUT2D eigenvalue weighted by Gasteiger charge is 2.22. The van der Waals surface area contributed by atoms with E-state index in [1.54, 1.807) is 0 Å². The Hall–Kier alpha value is -2.14. The topological polar surface area (TPSA) is 71.2 Å². The van der Waals surface area contributed by atoms with Crippen LogP contribution in [-0.4, -0.2) is 36.6 Å². The van der Waals surface area contributed by atoms with Crippen LogP contribution in [0.4, 0.5) is 5.82 Å². The van der Waals surface area contributed by atoms with Crippen molar-refractivity contribution in [1.82, 2.24) is 10.3 Å². The summed E-state index contributed by atoms with van der Waals surface area (Å²) in [5, 5.41) is 4.32. The number of pyridine rings is 1. The highest BCUT2D eigenvalue weighted by Crippen LogP contribution is 2.24. The predicted molar refractivity (Wildman–Crippen MR) is 79.9 cm³/mol. The molecular formula is C15H18N4O. The van der Waals surface area contributed by atoms with Gasteiger partial charge in [-0.25, -0.2) is 4.98 Å². The van der Waals surface area contributed by atoms with Crippen LogP contribution in [0.25, 0.3) is 10.9 Å². The van der Waals surface area contributed by atoms with Gasteiger partial charge in [0.05, 0.1) is 11.1 Å². The number of benzene rings is 1. The van der Waals surface area contributed by atoms with Gasteiger partial charge in [-0.3, -0.25) is 4.79 Å². The van der Waals surface area contributed by atoms with Gasteiger partial charge in [0, 0.05) is 31.1 Å². The summed E-state index contributed by atoms with van der Waals surface area (Å²) in [6, 6.07) is 9.99. The Labute approximate surface area is 117 Å². The molecule has 104 valence electrons. The zero-order valence-corrected chi connectivity index (χ0v) is 11.5. The summed E-state index contributed by atoms with van der Waals surface area (Å²) in [5.74, 6) is 0.272. The molecule has 0 unspecified atom stereocenters. The maximum atomic E-state index is 11.7. The van der Waals surface area contributed by atoms with Gasteiger partial charge in [-0.15, -0.1) is 0 Å². The Kier molecular flexibility index (Phi) is 3.28. The van der Waals surface area contributed by atoms with E-state index >= 15 is 0 Å². The highest BCUT2D eigenvalue weighted by molar-refractivity contribution is 6.01. The van der Waals surface area contributed by atoms with Crippen LogP contribution in [0.1, 0.15) is 17.3 Å². The fourth-order valence-electron chi connectivity index (χ4n) is 2.65. The van der Waals surface area contributed by atoms with Gasteiger partial charge in [0.25, 0.3) is 5.91 Å². The Morgan fingerprint density at radius 3 is 3.00 bits per heavy atom. The lowest BCUT2D eigenvalue weighted by atomic mass is 10.1. The fraction of sp³-hybridized carbons (Fsp3) is 0.333. The second-order valence-corrected chi connectivity index (χ2v) is 5.22. The van der Waals surface area contributed by atoms with Gasteiger partial charge in [-0.2, -0.15) is 0 Å². The molecule has 3 N–H and O–H groups in total. The normalized spacial score (nSPS) is 19.2. The summed E-state index contributed by atoms with van der Waals surface area (Å²) in [6.07, 6.45) is 0. The molecule has 0 aliphatic carbocycles. The smallest absolute Gasteiger partial charge is 0.252 e. The van der Waals surface area contributed by atoms with E-state index in [-0.39, 0.29) is 0 Å². The highest BCUT2D eigenvalue weighted by atomic mass is 16.1. The zero-order valence-electron chi connectivity index (χ0n) is 11.5. The molecule has 1 saturated heterocycles.